The number of rotatable bonds is 3. The van der Waals surface area contributed by atoms with Gasteiger partial charge >= 0.3 is 6.18 Å². The van der Waals surface area contributed by atoms with Gasteiger partial charge < -0.3 is 21.3 Å². The molecule has 0 spiro atoms. The second-order valence-corrected chi connectivity index (χ2v) is 6.42. The molecule has 0 bridgehead atoms. The monoisotopic (exact) mass is 406 g/mol. The zero-order valence-corrected chi connectivity index (χ0v) is 15.1. The molecular weight excluding hydrogens is 389 g/mol. The number of carbonyl (C=O) groups excluding carboxylic acids is 1. The van der Waals surface area contributed by atoms with Crippen LogP contribution in [0.4, 0.5) is 30.4 Å². The van der Waals surface area contributed by atoms with Crippen molar-refractivity contribution < 1.29 is 18.0 Å². The standard InChI is InChI=1S/C17H17F3N8O/c18-17(19,20)12-2-6-28-15(25-12)13(14(21)26-28)16(29)24-10-9-23-3-1-11(10)27-7-4-22-5-8-27/h1-3,6,9,22H,4-5,7-8H2,(H2,21,26)(H,24,29). The maximum atomic E-state index is 13.0. The van der Waals surface area contributed by atoms with Crippen molar-refractivity contribution in [2.24, 2.45) is 0 Å². The molecule has 3 aromatic heterocycles. The van der Waals surface area contributed by atoms with E-state index < -0.39 is 17.8 Å². The first kappa shape index (κ1) is 18.9. The molecule has 3 aromatic rings. The average Bonchev–Trinajstić information content (AvgIpc) is 3.03. The number of piperazine rings is 1. The summed E-state index contributed by atoms with van der Waals surface area (Å²) in [7, 11) is 0. The van der Waals surface area contributed by atoms with Crippen LogP contribution in [-0.4, -0.2) is 51.7 Å². The highest BCUT2D eigenvalue weighted by molar-refractivity contribution is 6.12. The Bertz CT molecular complexity index is 1060. The molecule has 4 heterocycles. The number of pyridine rings is 1. The van der Waals surface area contributed by atoms with Crippen LogP contribution in [0.25, 0.3) is 5.65 Å². The van der Waals surface area contributed by atoms with Crippen LogP contribution in [0.2, 0.25) is 0 Å². The van der Waals surface area contributed by atoms with Gasteiger partial charge in [-0.05, 0) is 12.1 Å². The van der Waals surface area contributed by atoms with Gasteiger partial charge in [-0.15, -0.1) is 5.10 Å². The van der Waals surface area contributed by atoms with Gasteiger partial charge in [0.05, 0.1) is 17.6 Å². The lowest BCUT2D eigenvalue weighted by Gasteiger charge is -2.30. The molecule has 1 amide bonds. The minimum Gasteiger partial charge on any atom is -0.381 e. The highest BCUT2D eigenvalue weighted by Crippen LogP contribution is 2.30. The summed E-state index contributed by atoms with van der Waals surface area (Å²) in [5.74, 6) is -0.935. The van der Waals surface area contributed by atoms with Crippen molar-refractivity contribution in [3.63, 3.8) is 0 Å². The average molecular weight is 406 g/mol. The van der Waals surface area contributed by atoms with E-state index in [1.165, 1.54) is 6.20 Å². The van der Waals surface area contributed by atoms with E-state index in [0.717, 1.165) is 48.6 Å². The first-order valence-corrected chi connectivity index (χ1v) is 8.77. The molecule has 1 aliphatic rings. The first-order chi connectivity index (χ1) is 13.8. The number of nitrogens with two attached hydrogens (primary N) is 1. The Morgan fingerprint density at radius 1 is 1.24 bits per heavy atom. The van der Waals surface area contributed by atoms with E-state index in [1.807, 2.05) is 0 Å². The summed E-state index contributed by atoms with van der Waals surface area (Å²) < 4.78 is 40.1. The lowest BCUT2D eigenvalue weighted by molar-refractivity contribution is -0.141. The van der Waals surface area contributed by atoms with Crippen LogP contribution in [0.15, 0.2) is 30.7 Å². The van der Waals surface area contributed by atoms with Gasteiger partial charge in [0.2, 0.25) is 0 Å². The van der Waals surface area contributed by atoms with Crippen LogP contribution in [0, 0.1) is 0 Å². The van der Waals surface area contributed by atoms with Crippen molar-refractivity contribution in [3.05, 3.63) is 42.0 Å². The third kappa shape index (κ3) is 3.66. The van der Waals surface area contributed by atoms with Gasteiger partial charge in [0.25, 0.3) is 5.91 Å². The fourth-order valence-electron chi connectivity index (χ4n) is 3.17. The van der Waals surface area contributed by atoms with E-state index >= 15 is 0 Å². The van der Waals surface area contributed by atoms with Crippen molar-refractivity contribution in [2.45, 2.75) is 6.18 Å². The number of nitrogens with zero attached hydrogens (tertiary/aromatic N) is 5. The number of nitrogens with one attached hydrogen (secondary N) is 2. The van der Waals surface area contributed by atoms with Crippen molar-refractivity contribution in [1.29, 1.82) is 0 Å². The van der Waals surface area contributed by atoms with E-state index in [-0.39, 0.29) is 17.0 Å². The topological polar surface area (TPSA) is 113 Å². The van der Waals surface area contributed by atoms with Gasteiger partial charge in [0.15, 0.2) is 11.5 Å². The van der Waals surface area contributed by atoms with E-state index in [1.54, 1.807) is 12.3 Å². The summed E-state index contributed by atoms with van der Waals surface area (Å²) in [5, 5.41) is 9.80. The number of nitrogen functional groups attached to an aromatic ring is 1. The molecule has 9 nitrogen and oxygen atoms in total. The van der Waals surface area contributed by atoms with Crippen molar-refractivity contribution in [3.8, 4) is 0 Å². The lowest BCUT2D eigenvalue weighted by Crippen LogP contribution is -2.43. The van der Waals surface area contributed by atoms with Crippen molar-refractivity contribution in [1.82, 2.24) is 24.9 Å². The summed E-state index contributed by atoms with van der Waals surface area (Å²) in [6.45, 7) is 3.06. The molecule has 1 aliphatic heterocycles. The van der Waals surface area contributed by atoms with Gasteiger partial charge in [-0.1, -0.05) is 0 Å². The van der Waals surface area contributed by atoms with Crippen LogP contribution in [-0.2, 0) is 6.18 Å². The quantitative estimate of drug-likeness (QED) is 0.602. The Kier molecular flexibility index (Phi) is 4.70. The maximum absolute atomic E-state index is 13.0. The van der Waals surface area contributed by atoms with E-state index in [9.17, 15) is 18.0 Å². The van der Waals surface area contributed by atoms with Gasteiger partial charge in [0, 0.05) is 38.6 Å². The fraction of sp³-hybridized carbons (Fsp3) is 0.294. The van der Waals surface area contributed by atoms with E-state index in [2.05, 4.69) is 30.6 Å². The zero-order chi connectivity index (χ0) is 20.6. The second-order valence-electron chi connectivity index (χ2n) is 6.42. The van der Waals surface area contributed by atoms with Crippen molar-refractivity contribution in [2.75, 3.05) is 42.1 Å². The number of aromatic nitrogens is 4. The summed E-state index contributed by atoms with van der Waals surface area (Å²) in [6.07, 6.45) is -0.512. The second kappa shape index (κ2) is 7.20. The van der Waals surface area contributed by atoms with Crippen LogP contribution < -0.4 is 21.3 Å². The largest absolute Gasteiger partial charge is 0.433 e. The Labute approximate surface area is 162 Å². The zero-order valence-electron chi connectivity index (χ0n) is 15.1. The lowest BCUT2D eigenvalue weighted by atomic mass is 10.2. The Morgan fingerprint density at radius 3 is 2.72 bits per heavy atom. The number of fused-ring (bicyclic) bond motifs is 1. The summed E-state index contributed by atoms with van der Waals surface area (Å²) in [5.41, 5.74) is 5.34. The predicted molar refractivity (Wildman–Crippen MR) is 99.7 cm³/mol. The number of hydrogen-bond donors (Lipinski definition) is 3. The molecule has 0 atom stereocenters. The summed E-state index contributed by atoms with van der Waals surface area (Å²) in [6, 6.07) is 2.53. The highest BCUT2D eigenvalue weighted by atomic mass is 19.4. The Morgan fingerprint density at radius 2 is 2.00 bits per heavy atom. The number of alkyl halides is 3. The first-order valence-electron chi connectivity index (χ1n) is 8.77. The predicted octanol–water partition coefficient (Wildman–Crippen LogP) is 1.39. The number of amides is 1. The number of halogens is 3. The molecule has 29 heavy (non-hydrogen) atoms. The fourth-order valence-corrected chi connectivity index (χ4v) is 3.17. The molecule has 0 aliphatic carbocycles. The molecule has 0 unspecified atom stereocenters. The molecule has 0 aromatic carbocycles. The molecule has 152 valence electrons. The third-order valence-electron chi connectivity index (χ3n) is 4.53. The van der Waals surface area contributed by atoms with Crippen LogP contribution in [0.1, 0.15) is 16.1 Å². The maximum Gasteiger partial charge on any atom is 0.433 e. The molecule has 1 saturated heterocycles. The smallest absolute Gasteiger partial charge is 0.381 e. The molecule has 4 N–H and O–H groups in total. The Balaban J connectivity index is 1.69. The number of anilines is 3. The van der Waals surface area contributed by atoms with Gasteiger partial charge in [-0.3, -0.25) is 9.78 Å². The minimum atomic E-state index is -4.66. The number of carbonyl (C=O) groups is 1. The summed E-state index contributed by atoms with van der Waals surface area (Å²) in [4.78, 5) is 22.5. The van der Waals surface area contributed by atoms with Crippen LogP contribution >= 0.6 is 0 Å². The van der Waals surface area contributed by atoms with E-state index in [0.29, 0.717) is 5.69 Å². The normalized spacial score (nSPS) is 14.9. The van der Waals surface area contributed by atoms with Crippen LogP contribution in [0.5, 0.6) is 0 Å². The third-order valence-corrected chi connectivity index (χ3v) is 4.53. The molecule has 0 saturated carbocycles. The van der Waals surface area contributed by atoms with Crippen LogP contribution in [0.3, 0.4) is 0 Å². The van der Waals surface area contributed by atoms with Gasteiger partial charge in [-0.25, -0.2) is 9.50 Å². The number of hydrogen-bond acceptors (Lipinski definition) is 7. The van der Waals surface area contributed by atoms with E-state index in [4.69, 9.17) is 5.73 Å². The van der Waals surface area contributed by atoms with Crippen molar-refractivity contribution >= 4 is 28.7 Å². The molecule has 1 fully saturated rings. The van der Waals surface area contributed by atoms with Gasteiger partial charge in [-0.2, -0.15) is 13.2 Å². The SMILES string of the molecule is Nc1nn2ccc(C(F)(F)F)nc2c1C(=O)Nc1cnccc1N1CCNCC1. The highest BCUT2D eigenvalue weighted by Gasteiger charge is 2.34. The molecule has 0 radical (unpaired) electrons. The summed E-state index contributed by atoms with van der Waals surface area (Å²) >= 11 is 0. The molecule has 4 rings (SSSR count). The molecule has 12 heteroatoms. The minimum absolute atomic E-state index is 0.220. The Hall–Kier alpha value is -3.41. The van der Waals surface area contributed by atoms with Gasteiger partial charge in [0.1, 0.15) is 11.3 Å². The molecular formula is C17H17F3N8O.